The summed E-state index contributed by atoms with van der Waals surface area (Å²) in [4.78, 5) is 14.2. The fraction of sp³-hybridized carbons (Fsp3) is 0.650. The lowest BCUT2D eigenvalue weighted by Crippen LogP contribution is -2.53. The molecule has 6 heteroatoms. The first-order valence-corrected chi connectivity index (χ1v) is 12.3. The number of β-amino-alcohol motifs (C(OH)–C–C–N with tert-alkyl or cyclic N) is 1. The molecule has 0 bridgehead atoms. The highest BCUT2D eigenvalue weighted by molar-refractivity contribution is 6.74. The third-order valence-electron chi connectivity index (χ3n) is 5.56. The number of nitrogens with zero attached hydrogens (tertiary/aromatic N) is 1. The molecular weight excluding hydrogens is 346 g/mol. The molecule has 0 aromatic heterocycles. The second-order valence-electron chi connectivity index (χ2n) is 8.65. The Morgan fingerprint density at radius 2 is 1.88 bits per heavy atom. The van der Waals surface area contributed by atoms with E-state index in [0.29, 0.717) is 19.6 Å². The molecule has 5 nitrogen and oxygen atoms in total. The molecule has 1 heterocycles. The lowest BCUT2D eigenvalue weighted by Gasteiger charge is -2.41. The van der Waals surface area contributed by atoms with Crippen molar-refractivity contribution >= 4 is 14.4 Å². The van der Waals surface area contributed by atoms with Gasteiger partial charge in [0.05, 0.1) is 25.3 Å². The van der Waals surface area contributed by atoms with Crippen molar-refractivity contribution in [1.29, 1.82) is 0 Å². The Labute approximate surface area is 158 Å². The average Bonchev–Trinajstić information content (AvgIpc) is 2.58. The number of hydrogen-bond donors (Lipinski definition) is 1. The van der Waals surface area contributed by atoms with Gasteiger partial charge in [0, 0.05) is 0 Å². The number of ether oxygens (including phenoxy) is 1. The zero-order valence-electron chi connectivity index (χ0n) is 16.7. The van der Waals surface area contributed by atoms with Crippen LogP contribution in [-0.4, -0.2) is 49.7 Å². The van der Waals surface area contributed by atoms with Crippen molar-refractivity contribution < 1.29 is 19.1 Å². The SMILES string of the molecule is CC(C)(C)[Si](C)(C)OCC1CCC(O)CN1C(=O)OCc1ccccc1. The maximum Gasteiger partial charge on any atom is 0.410 e. The van der Waals surface area contributed by atoms with E-state index in [-0.39, 0.29) is 23.8 Å². The summed E-state index contributed by atoms with van der Waals surface area (Å²) in [5.74, 6) is 0. The monoisotopic (exact) mass is 379 g/mol. The van der Waals surface area contributed by atoms with E-state index in [1.54, 1.807) is 4.90 Å². The lowest BCUT2D eigenvalue weighted by molar-refractivity contribution is 0.00692. The summed E-state index contributed by atoms with van der Waals surface area (Å²) in [6, 6.07) is 9.58. The summed E-state index contributed by atoms with van der Waals surface area (Å²) in [6.45, 7) is 12.1. The highest BCUT2D eigenvalue weighted by Crippen LogP contribution is 2.37. The van der Waals surface area contributed by atoms with Gasteiger partial charge in [0.1, 0.15) is 6.61 Å². The van der Waals surface area contributed by atoms with Crippen LogP contribution < -0.4 is 0 Å². The molecule has 0 radical (unpaired) electrons. The van der Waals surface area contributed by atoms with Crippen molar-refractivity contribution in [1.82, 2.24) is 4.90 Å². The van der Waals surface area contributed by atoms with Gasteiger partial charge in [-0.1, -0.05) is 51.1 Å². The standard InChI is InChI=1S/C20H33NO4Si/c1-20(2,3)26(4,5)25-15-17-11-12-18(22)13-21(17)19(23)24-14-16-9-7-6-8-10-16/h6-10,17-18,22H,11-15H2,1-5H3. The summed E-state index contributed by atoms with van der Waals surface area (Å²) in [5, 5.41) is 10.1. The normalized spacial score (nSPS) is 21.5. The van der Waals surface area contributed by atoms with Gasteiger partial charge in [-0.15, -0.1) is 0 Å². The molecule has 1 amide bonds. The van der Waals surface area contributed by atoms with Crippen molar-refractivity contribution in [3.63, 3.8) is 0 Å². The summed E-state index contributed by atoms with van der Waals surface area (Å²) >= 11 is 0. The summed E-state index contributed by atoms with van der Waals surface area (Å²) in [6.07, 6.45) is 0.546. The highest BCUT2D eigenvalue weighted by Gasteiger charge is 2.39. The van der Waals surface area contributed by atoms with Gasteiger partial charge in [-0.05, 0) is 36.5 Å². The van der Waals surface area contributed by atoms with Gasteiger partial charge in [0.15, 0.2) is 8.32 Å². The molecule has 1 aromatic rings. The number of rotatable bonds is 5. The van der Waals surface area contributed by atoms with Gasteiger partial charge in [0.25, 0.3) is 0 Å². The molecule has 146 valence electrons. The molecule has 2 atom stereocenters. The van der Waals surface area contributed by atoms with E-state index >= 15 is 0 Å². The predicted molar refractivity (Wildman–Crippen MR) is 106 cm³/mol. The molecule has 1 aliphatic rings. The highest BCUT2D eigenvalue weighted by atomic mass is 28.4. The molecule has 0 spiro atoms. The van der Waals surface area contributed by atoms with Crippen LogP contribution in [0.25, 0.3) is 0 Å². The van der Waals surface area contributed by atoms with Crippen molar-refractivity contribution in [2.45, 2.75) is 70.5 Å². The third kappa shape index (κ3) is 5.56. The minimum Gasteiger partial charge on any atom is -0.445 e. The Morgan fingerprint density at radius 1 is 1.23 bits per heavy atom. The van der Waals surface area contributed by atoms with Gasteiger partial charge in [-0.25, -0.2) is 4.79 Å². The fourth-order valence-electron chi connectivity index (χ4n) is 2.73. The van der Waals surface area contributed by atoms with Crippen molar-refractivity contribution in [3.05, 3.63) is 35.9 Å². The van der Waals surface area contributed by atoms with Crippen LogP contribution in [0, 0.1) is 0 Å². The number of aliphatic hydroxyl groups excluding tert-OH is 1. The lowest BCUT2D eigenvalue weighted by atomic mass is 10.0. The number of carbonyl (C=O) groups excluding carboxylic acids is 1. The van der Waals surface area contributed by atoms with E-state index in [9.17, 15) is 9.90 Å². The first kappa shape index (κ1) is 20.9. The molecule has 1 fully saturated rings. The third-order valence-corrected chi connectivity index (χ3v) is 10.1. The second kappa shape index (κ2) is 8.54. The van der Waals surface area contributed by atoms with E-state index in [0.717, 1.165) is 12.0 Å². The fourth-order valence-corrected chi connectivity index (χ4v) is 3.77. The molecule has 1 aromatic carbocycles. The predicted octanol–water partition coefficient (Wildman–Crippen LogP) is 4.17. The quantitative estimate of drug-likeness (QED) is 0.780. The maximum atomic E-state index is 12.6. The number of benzene rings is 1. The van der Waals surface area contributed by atoms with Crippen LogP contribution in [0.2, 0.25) is 18.1 Å². The van der Waals surface area contributed by atoms with E-state index in [1.165, 1.54) is 0 Å². The van der Waals surface area contributed by atoms with Crippen LogP contribution in [0.1, 0.15) is 39.2 Å². The Bertz CT molecular complexity index is 585. The van der Waals surface area contributed by atoms with Crippen molar-refractivity contribution in [3.8, 4) is 0 Å². The van der Waals surface area contributed by atoms with E-state index in [1.807, 2.05) is 30.3 Å². The van der Waals surface area contributed by atoms with Crippen LogP contribution >= 0.6 is 0 Å². The smallest absolute Gasteiger partial charge is 0.410 e. The van der Waals surface area contributed by atoms with E-state index in [4.69, 9.17) is 9.16 Å². The van der Waals surface area contributed by atoms with Crippen LogP contribution in [0.4, 0.5) is 4.79 Å². The molecule has 1 saturated heterocycles. The molecule has 0 saturated carbocycles. The number of carbonyl (C=O) groups is 1. The molecule has 2 unspecified atom stereocenters. The number of piperidine rings is 1. The minimum absolute atomic E-state index is 0.0456. The molecule has 26 heavy (non-hydrogen) atoms. The molecule has 0 aliphatic carbocycles. The Balaban J connectivity index is 1.97. The van der Waals surface area contributed by atoms with Crippen molar-refractivity contribution in [2.75, 3.05) is 13.2 Å². The first-order valence-electron chi connectivity index (χ1n) is 9.39. The summed E-state index contributed by atoms with van der Waals surface area (Å²) < 4.78 is 11.8. The number of amides is 1. The average molecular weight is 380 g/mol. The van der Waals surface area contributed by atoms with Crippen molar-refractivity contribution in [2.24, 2.45) is 0 Å². The van der Waals surface area contributed by atoms with E-state index in [2.05, 4.69) is 33.9 Å². The Hall–Kier alpha value is -1.37. The zero-order chi connectivity index (χ0) is 19.4. The number of likely N-dealkylation sites (tertiary alicyclic amines) is 1. The van der Waals surface area contributed by atoms with Crippen LogP contribution in [0.15, 0.2) is 30.3 Å². The topological polar surface area (TPSA) is 59.0 Å². The molecule has 1 aliphatic heterocycles. The van der Waals surface area contributed by atoms with E-state index < -0.39 is 14.4 Å². The molecular formula is C20H33NO4Si. The number of aliphatic hydroxyl groups is 1. The summed E-state index contributed by atoms with van der Waals surface area (Å²) in [5.41, 5.74) is 0.951. The summed E-state index contributed by atoms with van der Waals surface area (Å²) in [7, 11) is -1.88. The largest absolute Gasteiger partial charge is 0.445 e. The Kier molecular flexibility index (Phi) is 6.88. The van der Waals surface area contributed by atoms with Gasteiger partial charge in [0.2, 0.25) is 0 Å². The maximum absolute atomic E-state index is 12.6. The van der Waals surface area contributed by atoms with Crippen LogP contribution in [-0.2, 0) is 15.8 Å². The zero-order valence-corrected chi connectivity index (χ0v) is 17.7. The van der Waals surface area contributed by atoms with Gasteiger partial charge < -0.3 is 19.2 Å². The van der Waals surface area contributed by atoms with Gasteiger partial charge in [-0.3, -0.25) is 0 Å². The molecule has 1 N–H and O–H groups in total. The number of hydrogen-bond acceptors (Lipinski definition) is 4. The first-order chi connectivity index (χ1) is 12.1. The second-order valence-corrected chi connectivity index (χ2v) is 13.5. The van der Waals surface area contributed by atoms with Crippen LogP contribution in [0.3, 0.4) is 0 Å². The van der Waals surface area contributed by atoms with Gasteiger partial charge in [-0.2, -0.15) is 0 Å². The molecule has 2 rings (SSSR count). The minimum atomic E-state index is -1.88. The van der Waals surface area contributed by atoms with Gasteiger partial charge >= 0.3 is 6.09 Å². The van der Waals surface area contributed by atoms with Crippen LogP contribution in [0.5, 0.6) is 0 Å². The Morgan fingerprint density at radius 3 is 2.50 bits per heavy atom.